The van der Waals surface area contributed by atoms with E-state index in [0.29, 0.717) is 0 Å². The summed E-state index contributed by atoms with van der Waals surface area (Å²) in [6.45, 7) is 0. The number of nitrogen functional groups attached to an aromatic ring is 1. The van der Waals surface area contributed by atoms with Gasteiger partial charge in [-0.15, -0.1) is 0 Å². The molecule has 23 heavy (non-hydrogen) atoms. The van der Waals surface area contributed by atoms with Gasteiger partial charge in [-0.25, -0.2) is 9.78 Å². The Hall–Kier alpha value is -1.82. The van der Waals surface area contributed by atoms with Crippen LogP contribution in [-0.4, -0.2) is 64.0 Å². The highest BCUT2D eigenvalue weighted by molar-refractivity contribution is 7.51. The van der Waals surface area contributed by atoms with Gasteiger partial charge < -0.3 is 30.5 Å². The SMILES string of the molecule is Nc1[nH]c(=O)nc2c1ncn2C1O[C@H](CP(=O)(O)O)[C@@H](O)[C@H]1O. The Bertz CT molecular complexity index is 844. The number of aromatic nitrogens is 4. The minimum absolute atomic E-state index is 0.0133. The van der Waals surface area contributed by atoms with E-state index >= 15 is 0 Å². The lowest BCUT2D eigenvalue weighted by Gasteiger charge is -2.16. The van der Waals surface area contributed by atoms with Crippen LogP contribution in [-0.2, 0) is 9.30 Å². The van der Waals surface area contributed by atoms with Crippen molar-refractivity contribution in [2.75, 3.05) is 11.9 Å². The summed E-state index contributed by atoms with van der Waals surface area (Å²) < 4.78 is 17.6. The summed E-state index contributed by atoms with van der Waals surface area (Å²) in [6.07, 6.45) is -5.09. The summed E-state index contributed by atoms with van der Waals surface area (Å²) >= 11 is 0. The second-order valence-electron chi connectivity index (χ2n) is 5.17. The number of nitrogens with one attached hydrogen (secondary N) is 1. The number of rotatable bonds is 3. The van der Waals surface area contributed by atoms with Crippen LogP contribution in [0.5, 0.6) is 0 Å². The van der Waals surface area contributed by atoms with E-state index in [2.05, 4.69) is 15.0 Å². The Labute approximate surface area is 127 Å². The highest BCUT2D eigenvalue weighted by Crippen LogP contribution is 2.41. The average molecular weight is 347 g/mol. The van der Waals surface area contributed by atoms with E-state index in [4.69, 9.17) is 20.3 Å². The average Bonchev–Trinajstić information content (AvgIpc) is 2.94. The summed E-state index contributed by atoms with van der Waals surface area (Å²) in [6, 6.07) is 0. The fraction of sp³-hybridized carbons (Fsp3) is 0.500. The molecule has 126 valence electrons. The Morgan fingerprint density at radius 3 is 2.74 bits per heavy atom. The number of H-pyrrole nitrogens is 1. The first-order chi connectivity index (χ1) is 10.7. The van der Waals surface area contributed by atoms with Crippen LogP contribution in [0.3, 0.4) is 0 Å². The van der Waals surface area contributed by atoms with Gasteiger partial charge in [0.25, 0.3) is 0 Å². The first kappa shape index (κ1) is 16.1. The van der Waals surface area contributed by atoms with Gasteiger partial charge in [0, 0.05) is 0 Å². The molecule has 7 N–H and O–H groups in total. The van der Waals surface area contributed by atoms with Gasteiger partial charge in [-0.1, -0.05) is 0 Å². The van der Waals surface area contributed by atoms with Crippen molar-refractivity contribution < 1.29 is 29.3 Å². The maximum Gasteiger partial charge on any atom is 0.348 e. The fourth-order valence-electron chi connectivity index (χ4n) is 2.48. The molecule has 1 unspecified atom stereocenters. The molecule has 2 aromatic rings. The van der Waals surface area contributed by atoms with Crippen LogP contribution in [0, 0.1) is 0 Å². The van der Waals surface area contributed by atoms with Crippen molar-refractivity contribution in [3.05, 3.63) is 16.8 Å². The monoisotopic (exact) mass is 347 g/mol. The van der Waals surface area contributed by atoms with Crippen molar-refractivity contribution >= 4 is 24.6 Å². The van der Waals surface area contributed by atoms with Crippen LogP contribution in [0.2, 0.25) is 0 Å². The lowest BCUT2D eigenvalue weighted by Crippen LogP contribution is -2.33. The molecule has 0 spiro atoms. The first-order valence-electron chi connectivity index (χ1n) is 6.46. The number of aromatic amines is 1. The molecule has 13 heteroatoms. The zero-order valence-electron chi connectivity index (χ0n) is 11.5. The number of nitrogens with two attached hydrogens (primary N) is 1. The maximum absolute atomic E-state index is 11.4. The topological polar surface area (TPSA) is 197 Å². The van der Waals surface area contributed by atoms with Gasteiger partial charge in [-0.3, -0.25) is 14.1 Å². The fourth-order valence-corrected chi connectivity index (χ4v) is 3.26. The maximum atomic E-state index is 11.4. The van der Waals surface area contributed by atoms with Crippen LogP contribution >= 0.6 is 7.60 Å². The van der Waals surface area contributed by atoms with E-state index in [0.717, 1.165) is 0 Å². The standard InChI is InChI=1S/C10H14N5O7P/c11-7-4-8(14-10(18)13-7)15(2-12-4)9-6(17)5(16)3(22-9)1-23(19,20)21/h2-3,5-6,9,16-17H,1H2,(H2,19,20,21)(H3,11,13,14,18)/t3-,5-,6-,9?/m1/s1. The van der Waals surface area contributed by atoms with E-state index in [1.165, 1.54) is 10.9 Å². The number of aliphatic hydroxyl groups excluding tert-OH is 2. The summed E-state index contributed by atoms with van der Waals surface area (Å²) in [4.78, 5) is 39.3. The minimum Gasteiger partial charge on any atom is -0.387 e. The van der Waals surface area contributed by atoms with Gasteiger partial charge in [-0.05, 0) is 0 Å². The largest absolute Gasteiger partial charge is 0.387 e. The molecule has 0 bridgehead atoms. The van der Waals surface area contributed by atoms with Gasteiger partial charge in [0.05, 0.1) is 12.5 Å². The predicted molar refractivity (Wildman–Crippen MR) is 75.4 cm³/mol. The number of nitrogens with zero attached hydrogens (tertiary/aromatic N) is 3. The van der Waals surface area contributed by atoms with Crippen LogP contribution in [0.15, 0.2) is 11.1 Å². The van der Waals surface area contributed by atoms with Crippen molar-refractivity contribution in [3.63, 3.8) is 0 Å². The second-order valence-corrected chi connectivity index (χ2v) is 6.87. The van der Waals surface area contributed by atoms with Crippen molar-refractivity contribution in [2.45, 2.75) is 24.5 Å². The molecule has 3 heterocycles. The van der Waals surface area contributed by atoms with E-state index in [-0.39, 0.29) is 17.0 Å². The Morgan fingerprint density at radius 2 is 2.09 bits per heavy atom. The smallest absolute Gasteiger partial charge is 0.348 e. The molecule has 2 aromatic heterocycles. The summed E-state index contributed by atoms with van der Waals surface area (Å²) in [5.74, 6) is -0.0291. The van der Waals surface area contributed by atoms with Crippen molar-refractivity contribution in [2.24, 2.45) is 0 Å². The highest BCUT2D eigenvalue weighted by Gasteiger charge is 2.46. The van der Waals surface area contributed by atoms with Gasteiger partial charge in [0.1, 0.15) is 29.6 Å². The molecule has 1 aliphatic rings. The molecular formula is C10H14N5O7P. The number of fused-ring (bicyclic) bond motifs is 1. The normalized spacial score (nSPS) is 28.5. The van der Waals surface area contributed by atoms with Crippen LogP contribution in [0.4, 0.5) is 5.82 Å². The molecule has 3 rings (SSSR count). The third-order valence-electron chi connectivity index (χ3n) is 3.50. The molecule has 0 aliphatic carbocycles. The molecule has 4 atom stereocenters. The number of imidazole rings is 1. The third-order valence-corrected chi connectivity index (χ3v) is 4.34. The van der Waals surface area contributed by atoms with E-state index in [9.17, 15) is 19.6 Å². The molecule has 1 aliphatic heterocycles. The number of anilines is 1. The zero-order chi connectivity index (χ0) is 16.9. The molecule has 0 saturated carbocycles. The Kier molecular flexibility index (Phi) is 3.75. The van der Waals surface area contributed by atoms with Gasteiger partial charge in [0.15, 0.2) is 11.9 Å². The molecular weight excluding hydrogens is 333 g/mol. The molecule has 1 fully saturated rings. The quantitative estimate of drug-likeness (QED) is 0.323. The first-order valence-corrected chi connectivity index (χ1v) is 8.25. The summed E-state index contributed by atoms with van der Waals surface area (Å²) in [5, 5.41) is 20.0. The number of ether oxygens (including phenoxy) is 1. The Morgan fingerprint density at radius 1 is 1.39 bits per heavy atom. The van der Waals surface area contributed by atoms with E-state index in [1.807, 2.05) is 0 Å². The number of aliphatic hydroxyl groups is 2. The lowest BCUT2D eigenvalue weighted by molar-refractivity contribution is -0.0300. The third kappa shape index (κ3) is 2.87. The highest BCUT2D eigenvalue weighted by atomic mass is 31.2. The zero-order valence-corrected chi connectivity index (χ0v) is 12.4. The summed E-state index contributed by atoms with van der Waals surface area (Å²) in [5.41, 5.74) is 5.05. The van der Waals surface area contributed by atoms with Crippen molar-refractivity contribution in [1.29, 1.82) is 0 Å². The second kappa shape index (κ2) is 5.37. The van der Waals surface area contributed by atoms with Gasteiger partial charge in [0.2, 0.25) is 0 Å². The number of hydrogen-bond donors (Lipinski definition) is 6. The molecule has 12 nitrogen and oxygen atoms in total. The van der Waals surface area contributed by atoms with Crippen molar-refractivity contribution in [3.8, 4) is 0 Å². The Balaban J connectivity index is 1.99. The van der Waals surface area contributed by atoms with Crippen LogP contribution < -0.4 is 11.4 Å². The molecule has 1 saturated heterocycles. The lowest BCUT2D eigenvalue weighted by atomic mass is 10.1. The summed E-state index contributed by atoms with van der Waals surface area (Å²) in [7, 11) is -4.46. The molecule has 0 aromatic carbocycles. The van der Waals surface area contributed by atoms with Crippen molar-refractivity contribution in [1.82, 2.24) is 19.5 Å². The van der Waals surface area contributed by atoms with Gasteiger partial charge >= 0.3 is 13.3 Å². The van der Waals surface area contributed by atoms with Crippen LogP contribution in [0.1, 0.15) is 6.23 Å². The van der Waals surface area contributed by atoms with E-state index < -0.39 is 44.0 Å². The molecule has 0 radical (unpaired) electrons. The van der Waals surface area contributed by atoms with Gasteiger partial charge in [-0.2, -0.15) is 4.98 Å². The molecule has 0 amide bonds. The van der Waals surface area contributed by atoms with E-state index in [1.54, 1.807) is 0 Å². The van der Waals surface area contributed by atoms with Crippen LogP contribution in [0.25, 0.3) is 11.2 Å². The number of hydrogen-bond acceptors (Lipinski definition) is 8. The minimum atomic E-state index is -4.46. The predicted octanol–water partition coefficient (Wildman–Crippen LogP) is -2.50.